The molecular formula is C24H29NO6S. The molecule has 1 aliphatic rings. The molecule has 0 aliphatic heterocycles. The lowest BCUT2D eigenvalue weighted by Gasteiger charge is -2.17. The van der Waals surface area contributed by atoms with Gasteiger partial charge in [-0.25, -0.2) is 9.59 Å². The molecule has 1 unspecified atom stereocenters. The highest BCUT2D eigenvalue weighted by Gasteiger charge is 2.29. The highest BCUT2D eigenvalue weighted by Crippen LogP contribution is 2.44. The minimum atomic E-state index is -1.09. The molecule has 0 saturated carbocycles. The van der Waals surface area contributed by atoms with Crippen molar-refractivity contribution in [1.29, 1.82) is 0 Å². The maximum absolute atomic E-state index is 12.3. The number of rotatable bonds is 13. The number of methoxy groups -OCH3 is 1. The molecule has 0 spiro atoms. The SMILES string of the molecule is COCCCOCCSCC(NC(=O)OCC1c2ccccc2-c2ccccc21)C(=O)O. The quantitative estimate of drug-likeness (QED) is 0.441. The van der Waals surface area contributed by atoms with Crippen LogP contribution in [0.3, 0.4) is 0 Å². The highest BCUT2D eigenvalue weighted by molar-refractivity contribution is 7.99. The third-order valence-electron chi connectivity index (χ3n) is 5.23. The van der Waals surface area contributed by atoms with Crippen molar-refractivity contribution in [2.24, 2.45) is 0 Å². The van der Waals surface area contributed by atoms with Crippen LogP contribution in [0.1, 0.15) is 23.5 Å². The number of carbonyl (C=O) groups is 2. The lowest BCUT2D eigenvalue weighted by atomic mass is 9.98. The Hall–Kier alpha value is -2.55. The number of hydrogen-bond donors (Lipinski definition) is 2. The van der Waals surface area contributed by atoms with Crippen molar-refractivity contribution in [3.8, 4) is 11.1 Å². The standard InChI is InChI=1S/C24H29NO6S/c1-29-11-6-12-30-13-14-32-16-22(23(26)27)25-24(28)31-15-21-19-9-4-2-7-17(19)18-8-3-5-10-20(18)21/h2-5,7-10,21-22H,6,11-16H2,1H3,(H,25,28)(H,26,27). The molecule has 8 heteroatoms. The predicted molar refractivity (Wildman–Crippen MR) is 124 cm³/mol. The van der Waals surface area contributed by atoms with Crippen LogP contribution >= 0.6 is 11.8 Å². The maximum atomic E-state index is 12.3. The van der Waals surface area contributed by atoms with Gasteiger partial charge in [0.15, 0.2) is 0 Å². The van der Waals surface area contributed by atoms with E-state index in [0.717, 1.165) is 28.7 Å². The molecule has 3 rings (SSSR count). The van der Waals surface area contributed by atoms with Gasteiger partial charge in [-0.05, 0) is 28.7 Å². The summed E-state index contributed by atoms with van der Waals surface area (Å²) < 4.78 is 15.8. The Balaban J connectivity index is 1.45. The van der Waals surface area contributed by atoms with E-state index in [1.165, 1.54) is 11.8 Å². The molecule has 172 valence electrons. The summed E-state index contributed by atoms with van der Waals surface area (Å²) in [6, 6.07) is 15.1. The molecular weight excluding hydrogens is 430 g/mol. The maximum Gasteiger partial charge on any atom is 0.407 e. The van der Waals surface area contributed by atoms with Crippen LogP contribution in [-0.2, 0) is 19.0 Å². The van der Waals surface area contributed by atoms with Gasteiger partial charge in [-0.3, -0.25) is 0 Å². The van der Waals surface area contributed by atoms with Gasteiger partial charge in [-0.2, -0.15) is 11.8 Å². The van der Waals surface area contributed by atoms with Gasteiger partial charge in [0.05, 0.1) is 6.61 Å². The number of carboxylic acid groups (broad SMARTS) is 1. The second-order valence-electron chi connectivity index (χ2n) is 7.39. The topological polar surface area (TPSA) is 94.1 Å². The summed E-state index contributed by atoms with van der Waals surface area (Å²) in [5.41, 5.74) is 4.50. The molecule has 0 bridgehead atoms. The highest BCUT2D eigenvalue weighted by atomic mass is 32.2. The summed E-state index contributed by atoms with van der Waals surface area (Å²) in [6.07, 6.45) is 0.0955. The number of carbonyl (C=O) groups excluding carboxylic acids is 1. The normalized spacial score (nSPS) is 13.3. The van der Waals surface area contributed by atoms with Crippen molar-refractivity contribution >= 4 is 23.8 Å². The van der Waals surface area contributed by atoms with Gasteiger partial charge in [0.25, 0.3) is 0 Å². The van der Waals surface area contributed by atoms with Crippen molar-refractivity contribution < 1.29 is 28.9 Å². The molecule has 0 heterocycles. The average molecular weight is 460 g/mol. The fourth-order valence-corrected chi connectivity index (χ4v) is 4.55. The number of thioether (sulfide) groups is 1. The summed E-state index contributed by atoms with van der Waals surface area (Å²) >= 11 is 1.41. The zero-order chi connectivity index (χ0) is 22.8. The van der Waals surface area contributed by atoms with E-state index < -0.39 is 18.1 Å². The van der Waals surface area contributed by atoms with Gasteiger partial charge in [0, 0.05) is 37.7 Å². The Morgan fingerprint density at radius 2 is 1.69 bits per heavy atom. The van der Waals surface area contributed by atoms with Crippen LogP contribution in [-0.4, -0.2) is 68.3 Å². The van der Waals surface area contributed by atoms with Crippen LogP contribution < -0.4 is 5.32 Å². The smallest absolute Gasteiger partial charge is 0.407 e. The van der Waals surface area contributed by atoms with Gasteiger partial charge >= 0.3 is 12.1 Å². The fraction of sp³-hybridized carbons (Fsp3) is 0.417. The first-order valence-electron chi connectivity index (χ1n) is 10.6. The summed E-state index contributed by atoms with van der Waals surface area (Å²) in [5.74, 6) is -0.280. The van der Waals surface area contributed by atoms with Crippen molar-refractivity contribution in [3.05, 3.63) is 59.7 Å². The Labute approximate surface area is 192 Å². The second kappa shape index (κ2) is 12.5. The average Bonchev–Trinajstić information content (AvgIpc) is 3.12. The van der Waals surface area contributed by atoms with E-state index in [4.69, 9.17) is 14.2 Å². The minimum absolute atomic E-state index is 0.0685. The van der Waals surface area contributed by atoms with E-state index in [-0.39, 0.29) is 18.3 Å². The molecule has 1 aliphatic carbocycles. The molecule has 2 N–H and O–H groups in total. The summed E-state index contributed by atoms with van der Waals surface area (Å²) in [6.45, 7) is 1.92. The van der Waals surface area contributed by atoms with Gasteiger partial charge < -0.3 is 24.6 Å². The summed E-state index contributed by atoms with van der Waals surface area (Å²) in [4.78, 5) is 23.9. The molecule has 1 amide bonds. The van der Waals surface area contributed by atoms with Crippen LogP contribution in [0.4, 0.5) is 4.79 Å². The van der Waals surface area contributed by atoms with Crippen molar-refractivity contribution in [2.75, 3.05) is 45.0 Å². The van der Waals surface area contributed by atoms with E-state index in [9.17, 15) is 14.7 Å². The van der Waals surface area contributed by atoms with Crippen LogP contribution in [0.2, 0.25) is 0 Å². The first-order chi connectivity index (χ1) is 15.6. The number of aliphatic carboxylic acids is 1. The zero-order valence-electron chi connectivity index (χ0n) is 18.1. The van der Waals surface area contributed by atoms with Crippen LogP contribution in [0, 0.1) is 0 Å². The number of benzene rings is 2. The van der Waals surface area contributed by atoms with E-state index in [1.54, 1.807) is 7.11 Å². The minimum Gasteiger partial charge on any atom is -0.480 e. The molecule has 1 atom stereocenters. The molecule has 2 aromatic rings. The number of amides is 1. The van der Waals surface area contributed by atoms with Gasteiger partial charge in [-0.1, -0.05) is 48.5 Å². The van der Waals surface area contributed by atoms with Crippen molar-refractivity contribution in [3.63, 3.8) is 0 Å². The predicted octanol–water partition coefficient (Wildman–Crippen LogP) is 3.76. The Bertz CT molecular complexity index is 860. The molecule has 7 nitrogen and oxygen atoms in total. The van der Waals surface area contributed by atoms with Gasteiger partial charge in [0.2, 0.25) is 0 Å². The van der Waals surface area contributed by atoms with Crippen LogP contribution in [0.15, 0.2) is 48.5 Å². The lowest BCUT2D eigenvalue weighted by Crippen LogP contribution is -2.43. The van der Waals surface area contributed by atoms with E-state index in [2.05, 4.69) is 17.4 Å². The number of carboxylic acids is 1. The first-order valence-corrected chi connectivity index (χ1v) is 11.8. The van der Waals surface area contributed by atoms with E-state index in [1.807, 2.05) is 36.4 Å². The lowest BCUT2D eigenvalue weighted by molar-refractivity contribution is -0.138. The molecule has 32 heavy (non-hydrogen) atoms. The van der Waals surface area contributed by atoms with Crippen molar-refractivity contribution in [2.45, 2.75) is 18.4 Å². The molecule has 0 fully saturated rings. The first kappa shape index (κ1) is 24.1. The number of alkyl carbamates (subject to hydrolysis) is 1. The number of nitrogens with one attached hydrogen (secondary N) is 1. The Morgan fingerprint density at radius 1 is 1.03 bits per heavy atom. The Kier molecular flexibility index (Phi) is 9.40. The summed E-state index contributed by atoms with van der Waals surface area (Å²) in [7, 11) is 1.64. The molecule has 0 radical (unpaired) electrons. The molecule has 0 saturated heterocycles. The number of fused-ring (bicyclic) bond motifs is 3. The Morgan fingerprint density at radius 3 is 2.31 bits per heavy atom. The summed E-state index contributed by atoms with van der Waals surface area (Å²) in [5, 5.41) is 11.9. The zero-order valence-corrected chi connectivity index (χ0v) is 18.9. The monoisotopic (exact) mass is 459 g/mol. The largest absolute Gasteiger partial charge is 0.480 e. The van der Waals surface area contributed by atoms with Crippen molar-refractivity contribution in [1.82, 2.24) is 5.32 Å². The van der Waals surface area contributed by atoms with Gasteiger partial charge in [0.1, 0.15) is 12.6 Å². The van der Waals surface area contributed by atoms with Gasteiger partial charge in [-0.15, -0.1) is 0 Å². The third kappa shape index (κ3) is 6.48. The van der Waals surface area contributed by atoms with E-state index in [0.29, 0.717) is 25.6 Å². The fourth-order valence-electron chi connectivity index (χ4n) is 3.68. The van der Waals surface area contributed by atoms with Crippen LogP contribution in [0.5, 0.6) is 0 Å². The van der Waals surface area contributed by atoms with Crippen LogP contribution in [0.25, 0.3) is 11.1 Å². The molecule has 0 aromatic heterocycles. The molecule has 2 aromatic carbocycles. The number of ether oxygens (including phenoxy) is 3. The number of hydrogen-bond acceptors (Lipinski definition) is 6. The van der Waals surface area contributed by atoms with E-state index >= 15 is 0 Å². The second-order valence-corrected chi connectivity index (χ2v) is 8.54. The third-order valence-corrected chi connectivity index (χ3v) is 6.25.